The summed E-state index contributed by atoms with van der Waals surface area (Å²) in [6.07, 6.45) is 2.68. The first-order valence-corrected chi connectivity index (χ1v) is 8.92. The maximum atomic E-state index is 12.4. The Bertz CT molecular complexity index is 671. The second-order valence-corrected chi connectivity index (χ2v) is 6.29. The lowest BCUT2D eigenvalue weighted by molar-refractivity contribution is 0.197. The topological polar surface area (TPSA) is 66.3 Å². The van der Waals surface area contributed by atoms with Gasteiger partial charge in [-0.05, 0) is 18.9 Å². The second-order valence-electron chi connectivity index (χ2n) is 6.29. The van der Waals surface area contributed by atoms with Crippen molar-refractivity contribution in [2.24, 2.45) is 0 Å². The zero-order valence-corrected chi connectivity index (χ0v) is 14.8. The van der Waals surface area contributed by atoms with Crippen LogP contribution in [0.15, 0.2) is 36.7 Å². The molecule has 1 aliphatic rings. The van der Waals surface area contributed by atoms with Gasteiger partial charge < -0.3 is 14.8 Å². The number of nitrogens with one attached hydrogen (secondary N) is 1. The van der Waals surface area contributed by atoms with Gasteiger partial charge in [0.05, 0.1) is 6.54 Å². The first-order chi connectivity index (χ1) is 12.3. The zero-order valence-electron chi connectivity index (χ0n) is 14.8. The van der Waals surface area contributed by atoms with Gasteiger partial charge in [-0.2, -0.15) is 0 Å². The number of benzene rings is 1. The van der Waals surface area contributed by atoms with Crippen molar-refractivity contribution >= 4 is 6.03 Å². The van der Waals surface area contributed by atoms with Gasteiger partial charge in [0.2, 0.25) is 0 Å². The quantitative estimate of drug-likeness (QED) is 0.898. The van der Waals surface area contributed by atoms with Crippen LogP contribution in [0.2, 0.25) is 0 Å². The molecule has 3 rings (SSSR count). The highest BCUT2D eigenvalue weighted by Gasteiger charge is 2.19. The van der Waals surface area contributed by atoms with Crippen LogP contribution in [0, 0.1) is 0 Å². The van der Waals surface area contributed by atoms with E-state index in [1.165, 1.54) is 5.56 Å². The van der Waals surface area contributed by atoms with E-state index in [4.69, 9.17) is 0 Å². The average molecular weight is 342 g/mol. The summed E-state index contributed by atoms with van der Waals surface area (Å²) < 4.78 is 1.93. The van der Waals surface area contributed by atoms with Crippen molar-refractivity contribution in [1.82, 2.24) is 29.9 Å². The van der Waals surface area contributed by atoms with Crippen LogP contribution < -0.4 is 5.32 Å². The molecular formula is C18H26N6O. The summed E-state index contributed by atoms with van der Waals surface area (Å²) in [5.41, 5.74) is 1.32. The van der Waals surface area contributed by atoms with Gasteiger partial charge in [0.25, 0.3) is 0 Å². The summed E-state index contributed by atoms with van der Waals surface area (Å²) in [6, 6.07) is 10.5. The molecule has 7 nitrogen and oxygen atoms in total. The number of urea groups is 1. The van der Waals surface area contributed by atoms with Gasteiger partial charge in [0.15, 0.2) is 5.82 Å². The molecule has 134 valence electrons. The fourth-order valence-electron chi connectivity index (χ4n) is 3.12. The molecular weight excluding hydrogens is 316 g/mol. The summed E-state index contributed by atoms with van der Waals surface area (Å²) in [5.74, 6) is 0.788. The van der Waals surface area contributed by atoms with Crippen molar-refractivity contribution in [2.75, 3.05) is 26.2 Å². The third kappa shape index (κ3) is 4.79. The first kappa shape index (κ1) is 17.4. The number of aromatic nitrogens is 3. The molecule has 1 aliphatic heterocycles. The van der Waals surface area contributed by atoms with E-state index < -0.39 is 0 Å². The molecule has 0 saturated carbocycles. The number of carbonyl (C=O) groups excluding carboxylic acids is 1. The van der Waals surface area contributed by atoms with Gasteiger partial charge in [-0.1, -0.05) is 30.3 Å². The number of hydrogen-bond acceptors (Lipinski definition) is 4. The van der Waals surface area contributed by atoms with Crippen LogP contribution in [-0.4, -0.2) is 56.8 Å². The number of rotatable bonds is 5. The van der Waals surface area contributed by atoms with E-state index in [0.29, 0.717) is 6.54 Å². The van der Waals surface area contributed by atoms with Crippen LogP contribution in [0.4, 0.5) is 4.79 Å². The molecule has 2 aromatic rings. The predicted molar refractivity (Wildman–Crippen MR) is 95.8 cm³/mol. The molecule has 1 saturated heterocycles. The molecule has 2 heterocycles. The SMILES string of the molecule is CCn1cnnc1CNC(=O)N1CCCN(Cc2ccccc2)CC1. The molecule has 0 radical (unpaired) electrons. The molecule has 1 fully saturated rings. The van der Waals surface area contributed by atoms with Crippen molar-refractivity contribution in [3.8, 4) is 0 Å². The molecule has 7 heteroatoms. The molecule has 2 amide bonds. The van der Waals surface area contributed by atoms with Crippen molar-refractivity contribution in [3.63, 3.8) is 0 Å². The van der Waals surface area contributed by atoms with E-state index in [1.54, 1.807) is 6.33 Å². The predicted octanol–water partition coefficient (Wildman–Crippen LogP) is 1.72. The van der Waals surface area contributed by atoms with Crippen LogP contribution in [0.3, 0.4) is 0 Å². The van der Waals surface area contributed by atoms with E-state index in [2.05, 4.69) is 44.7 Å². The number of nitrogens with zero attached hydrogens (tertiary/aromatic N) is 5. The van der Waals surface area contributed by atoms with Crippen LogP contribution >= 0.6 is 0 Å². The Balaban J connectivity index is 1.48. The Hall–Kier alpha value is -2.41. The van der Waals surface area contributed by atoms with Gasteiger partial charge in [0, 0.05) is 39.3 Å². The normalized spacial score (nSPS) is 15.8. The Labute approximate surface area is 148 Å². The summed E-state index contributed by atoms with van der Waals surface area (Å²) in [6.45, 7) is 7.64. The smallest absolute Gasteiger partial charge is 0.317 e. The summed E-state index contributed by atoms with van der Waals surface area (Å²) >= 11 is 0. The largest absolute Gasteiger partial charge is 0.331 e. The fraction of sp³-hybridized carbons (Fsp3) is 0.500. The van der Waals surface area contributed by atoms with E-state index in [9.17, 15) is 4.79 Å². The highest BCUT2D eigenvalue weighted by atomic mass is 16.2. The minimum atomic E-state index is -0.0211. The molecule has 0 spiro atoms. The minimum absolute atomic E-state index is 0.0211. The van der Waals surface area contributed by atoms with Gasteiger partial charge in [-0.25, -0.2) is 4.79 Å². The average Bonchev–Trinajstić information content (AvgIpc) is 2.98. The fourth-order valence-corrected chi connectivity index (χ4v) is 3.12. The highest BCUT2D eigenvalue weighted by molar-refractivity contribution is 5.74. The molecule has 0 atom stereocenters. The maximum Gasteiger partial charge on any atom is 0.317 e. The van der Waals surface area contributed by atoms with E-state index in [0.717, 1.165) is 51.5 Å². The van der Waals surface area contributed by atoms with Crippen molar-refractivity contribution in [2.45, 2.75) is 33.0 Å². The molecule has 1 N–H and O–H groups in total. The van der Waals surface area contributed by atoms with Gasteiger partial charge in [-0.3, -0.25) is 4.90 Å². The van der Waals surface area contributed by atoms with Crippen LogP contribution in [0.25, 0.3) is 0 Å². The van der Waals surface area contributed by atoms with Crippen molar-refractivity contribution in [3.05, 3.63) is 48.0 Å². The van der Waals surface area contributed by atoms with Gasteiger partial charge in [-0.15, -0.1) is 10.2 Å². The summed E-state index contributed by atoms with van der Waals surface area (Å²) in [7, 11) is 0. The summed E-state index contributed by atoms with van der Waals surface area (Å²) in [5, 5.41) is 10.9. The zero-order chi connectivity index (χ0) is 17.5. The Morgan fingerprint density at radius 3 is 2.80 bits per heavy atom. The minimum Gasteiger partial charge on any atom is -0.331 e. The Morgan fingerprint density at radius 2 is 2.00 bits per heavy atom. The maximum absolute atomic E-state index is 12.4. The third-order valence-electron chi connectivity index (χ3n) is 4.56. The lowest BCUT2D eigenvalue weighted by Gasteiger charge is -2.22. The van der Waals surface area contributed by atoms with Crippen molar-refractivity contribution in [1.29, 1.82) is 0 Å². The molecule has 25 heavy (non-hydrogen) atoms. The molecule has 0 unspecified atom stereocenters. The van der Waals surface area contributed by atoms with Gasteiger partial charge >= 0.3 is 6.03 Å². The van der Waals surface area contributed by atoms with Crippen LogP contribution in [0.1, 0.15) is 24.7 Å². The lowest BCUT2D eigenvalue weighted by Crippen LogP contribution is -2.42. The van der Waals surface area contributed by atoms with E-state index >= 15 is 0 Å². The number of aryl methyl sites for hydroxylation is 1. The number of amides is 2. The molecule has 0 bridgehead atoms. The van der Waals surface area contributed by atoms with Crippen LogP contribution in [-0.2, 0) is 19.6 Å². The van der Waals surface area contributed by atoms with E-state index in [1.807, 2.05) is 22.5 Å². The van der Waals surface area contributed by atoms with Crippen molar-refractivity contribution < 1.29 is 4.79 Å². The standard InChI is InChI=1S/C18H26N6O/c1-2-23-15-20-21-17(23)13-19-18(25)24-10-6-9-22(11-12-24)14-16-7-4-3-5-8-16/h3-5,7-8,15H,2,6,9-14H2,1H3,(H,19,25). The Kier molecular flexibility index (Phi) is 6.00. The third-order valence-corrected chi connectivity index (χ3v) is 4.56. The Morgan fingerprint density at radius 1 is 1.16 bits per heavy atom. The second kappa shape index (κ2) is 8.62. The number of carbonyl (C=O) groups is 1. The molecule has 1 aromatic heterocycles. The number of hydrogen-bond donors (Lipinski definition) is 1. The lowest BCUT2D eigenvalue weighted by atomic mass is 10.2. The van der Waals surface area contributed by atoms with Gasteiger partial charge in [0.1, 0.15) is 6.33 Å². The summed E-state index contributed by atoms with van der Waals surface area (Å²) in [4.78, 5) is 16.8. The molecule has 0 aliphatic carbocycles. The molecule has 1 aromatic carbocycles. The first-order valence-electron chi connectivity index (χ1n) is 8.92. The highest BCUT2D eigenvalue weighted by Crippen LogP contribution is 2.09. The van der Waals surface area contributed by atoms with Crippen LogP contribution in [0.5, 0.6) is 0 Å². The monoisotopic (exact) mass is 342 g/mol. The van der Waals surface area contributed by atoms with E-state index in [-0.39, 0.29) is 6.03 Å².